The molecule has 0 unspecified atom stereocenters. The van der Waals surface area contributed by atoms with Gasteiger partial charge in [0, 0.05) is 6.54 Å². The molecule has 0 aromatic heterocycles. The number of anilines is 1. The van der Waals surface area contributed by atoms with Crippen molar-refractivity contribution < 1.29 is 17.9 Å². The summed E-state index contributed by atoms with van der Waals surface area (Å²) in [5.41, 5.74) is 1.55. The Hall–Kier alpha value is -1.65. The molecular formula is C14H14F3NO. The number of hydrogen-bond acceptors (Lipinski definition) is 2. The molecule has 0 amide bonds. The highest BCUT2D eigenvalue weighted by atomic mass is 19.4. The van der Waals surface area contributed by atoms with Crippen LogP contribution in [0.4, 0.5) is 18.9 Å². The average Bonchev–Trinajstić information content (AvgIpc) is 2.31. The van der Waals surface area contributed by atoms with Crippen molar-refractivity contribution in [1.29, 1.82) is 0 Å². The van der Waals surface area contributed by atoms with Crippen LogP contribution in [0.25, 0.3) is 6.08 Å². The molecule has 1 saturated carbocycles. The summed E-state index contributed by atoms with van der Waals surface area (Å²) in [7, 11) is 0. The summed E-state index contributed by atoms with van der Waals surface area (Å²) in [5.74, 6) is -0.0745. The van der Waals surface area contributed by atoms with E-state index in [9.17, 15) is 13.2 Å². The minimum atomic E-state index is -4.39. The third-order valence-corrected chi connectivity index (χ3v) is 3.45. The van der Waals surface area contributed by atoms with Crippen LogP contribution in [0.2, 0.25) is 0 Å². The van der Waals surface area contributed by atoms with Gasteiger partial charge in [-0.1, -0.05) is 11.6 Å². The van der Waals surface area contributed by atoms with E-state index in [0.717, 1.165) is 19.3 Å². The van der Waals surface area contributed by atoms with E-state index in [1.165, 1.54) is 11.6 Å². The van der Waals surface area contributed by atoms with Crippen LogP contribution < -0.4 is 10.1 Å². The van der Waals surface area contributed by atoms with Gasteiger partial charge in [-0.15, -0.1) is 0 Å². The Kier molecular flexibility index (Phi) is 2.92. The van der Waals surface area contributed by atoms with Gasteiger partial charge in [0.1, 0.15) is 12.2 Å². The zero-order chi connectivity index (χ0) is 13.5. The number of nitrogens with one attached hydrogen (secondary N) is 1. The van der Waals surface area contributed by atoms with Crippen molar-refractivity contribution in [3.8, 4) is 5.75 Å². The third-order valence-electron chi connectivity index (χ3n) is 3.45. The summed E-state index contributed by atoms with van der Waals surface area (Å²) >= 11 is 0. The number of alkyl halides is 3. The molecule has 3 rings (SSSR count). The first kappa shape index (κ1) is 12.4. The highest BCUT2D eigenvalue weighted by Gasteiger charge is 2.36. The van der Waals surface area contributed by atoms with Gasteiger partial charge in [-0.25, -0.2) is 0 Å². The van der Waals surface area contributed by atoms with Gasteiger partial charge in [-0.2, -0.15) is 13.2 Å². The van der Waals surface area contributed by atoms with Gasteiger partial charge in [-0.3, -0.25) is 0 Å². The van der Waals surface area contributed by atoms with E-state index in [4.69, 9.17) is 4.74 Å². The first-order chi connectivity index (χ1) is 9.04. The Bertz CT molecular complexity index is 528. The number of rotatable bonds is 1. The lowest BCUT2D eigenvalue weighted by Gasteiger charge is -2.24. The molecule has 1 aliphatic carbocycles. The Balaban J connectivity index is 2.07. The lowest BCUT2D eigenvalue weighted by Crippen LogP contribution is -2.21. The maximum Gasteiger partial charge on any atom is 0.420 e. The molecule has 102 valence electrons. The summed E-state index contributed by atoms with van der Waals surface area (Å²) in [4.78, 5) is 0. The van der Waals surface area contributed by atoms with Crippen molar-refractivity contribution in [1.82, 2.24) is 0 Å². The fourth-order valence-electron chi connectivity index (χ4n) is 2.33. The third kappa shape index (κ3) is 2.41. The summed E-state index contributed by atoms with van der Waals surface area (Å²) in [5, 5.41) is 2.97. The van der Waals surface area contributed by atoms with E-state index in [-0.39, 0.29) is 12.4 Å². The minimum Gasteiger partial charge on any atom is -0.489 e. The zero-order valence-corrected chi connectivity index (χ0v) is 10.3. The number of fused-ring (bicyclic) bond motifs is 1. The molecule has 5 heteroatoms. The van der Waals surface area contributed by atoms with Crippen LogP contribution in [0.1, 0.15) is 30.4 Å². The van der Waals surface area contributed by atoms with E-state index in [0.29, 0.717) is 17.8 Å². The molecule has 2 aliphatic rings. The largest absolute Gasteiger partial charge is 0.489 e. The van der Waals surface area contributed by atoms with Crippen LogP contribution in [-0.4, -0.2) is 13.2 Å². The maximum atomic E-state index is 13.1. The SMILES string of the molecule is FC(F)(F)c1cc(C=C2CCC2)cc2c1OCCN2. The number of halogens is 3. The Morgan fingerprint density at radius 2 is 2.00 bits per heavy atom. The zero-order valence-electron chi connectivity index (χ0n) is 10.3. The molecule has 1 N–H and O–H groups in total. The Labute approximate surface area is 109 Å². The second-order valence-corrected chi connectivity index (χ2v) is 4.87. The summed E-state index contributed by atoms with van der Waals surface area (Å²) in [6, 6.07) is 2.91. The quantitative estimate of drug-likeness (QED) is 0.829. The molecule has 1 aliphatic heterocycles. The fourth-order valence-corrected chi connectivity index (χ4v) is 2.33. The first-order valence-corrected chi connectivity index (χ1v) is 6.35. The summed E-state index contributed by atoms with van der Waals surface area (Å²) in [6.45, 7) is 0.792. The monoisotopic (exact) mass is 269 g/mol. The van der Waals surface area contributed by atoms with Gasteiger partial charge in [0.15, 0.2) is 5.75 Å². The molecule has 1 aromatic rings. The standard InChI is InChI=1S/C14H14F3NO/c15-14(16,17)11-7-10(6-9-2-1-3-9)8-12-13(11)19-5-4-18-12/h6-8,18H,1-5H2. The van der Waals surface area contributed by atoms with E-state index >= 15 is 0 Å². The van der Waals surface area contributed by atoms with Crippen LogP contribution in [0.5, 0.6) is 5.75 Å². The van der Waals surface area contributed by atoms with E-state index in [1.807, 2.05) is 6.08 Å². The Morgan fingerprint density at radius 3 is 2.63 bits per heavy atom. The number of hydrogen-bond donors (Lipinski definition) is 1. The lowest BCUT2D eigenvalue weighted by molar-refractivity contribution is -0.138. The fraction of sp³-hybridized carbons (Fsp3) is 0.429. The summed E-state index contributed by atoms with van der Waals surface area (Å²) in [6.07, 6.45) is 0.571. The number of allylic oxidation sites excluding steroid dienone is 1. The average molecular weight is 269 g/mol. The highest BCUT2D eigenvalue weighted by Crippen LogP contribution is 2.43. The molecule has 0 bridgehead atoms. The minimum absolute atomic E-state index is 0.0745. The van der Waals surface area contributed by atoms with Crippen molar-refractivity contribution >= 4 is 11.8 Å². The molecule has 2 nitrogen and oxygen atoms in total. The van der Waals surface area contributed by atoms with Crippen molar-refractivity contribution in [2.45, 2.75) is 25.4 Å². The predicted octanol–water partition coefficient (Wildman–Crippen LogP) is 4.08. The molecule has 1 heterocycles. The van der Waals surface area contributed by atoms with Gasteiger partial charge in [0.05, 0.1) is 5.69 Å². The molecule has 19 heavy (non-hydrogen) atoms. The van der Waals surface area contributed by atoms with E-state index < -0.39 is 11.7 Å². The first-order valence-electron chi connectivity index (χ1n) is 6.35. The molecular weight excluding hydrogens is 255 g/mol. The van der Waals surface area contributed by atoms with Gasteiger partial charge in [0.25, 0.3) is 0 Å². The van der Waals surface area contributed by atoms with E-state index in [2.05, 4.69) is 5.32 Å². The summed E-state index contributed by atoms with van der Waals surface area (Å²) < 4.78 is 44.4. The number of ether oxygens (including phenoxy) is 1. The van der Waals surface area contributed by atoms with Crippen LogP contribution in [0, 0.1) is 0 Å². The van der Waals surface area contributed by atoms with Crippen LogP contribution in [-0.2, 0) is 6.18 Å². The van der Waals surface area contributed by atoms with Crippen molar-refractivity contribution in [3.05, 3.63) is 28.8 Å². The number of benzene rings is 1. The lowest BCUT2D eigenvalue weighted by atomic mass is 9.90. The maximum absolute atomic E-state index is 13.1. The van der Waals surface area contributed by atoms with Gasteiger partial charge in [-0.05, 0) is 37.0 Å². The second-order valence-electron chi connectivity index (χ2n) is 4.87. The topological polar surface area (TPSA) is 21.3 Å². The molecule has 0 radical (unpaired) electrons. The highest BCUT2D eigenvalue weighted by molar-refractivity contribution is 5.69. The van der Waals surface area contributed by atoms with E-state index in [1.54, 1.807) is 6.07 Å². The van der Waals surface area contributed by atoms with Gasteiger partial charge < -0.3 is 10.1 Å². The Morgan fingerprint density at radius 1 is 1.21 bits per heavy atom. The molecule has 0 atom stereocenters. The van der Waals surface area contributed by atoms with Crippen LogP contribution in [0.3, 0.4) is 0 Å². The van der Waals surface area contributed by atoms with Gasteiger partial charge >= 0.3 is 6.18 Å². The van der Waals surface area contributed by atoms with Gasteiger partial charge in [0.2, 0.25) is 0 Å². The smallest absolute Gasteiger partial charge is 0.420 e. The molecule has 0 spiro atoms. The normalized spacial score (nSPS) is 17.9. The van der Waals surface area contributed by atoms with Crippen molar-refractivity contribution in [2.75, 3.05) is 18.5 Å². The van der Waals surface area contributed by atoms with Crippen molar-refractivity contribution in [2.24, 2.45) is 0 Å². The van der Waals surface area contributed by atoms with Crippen LogP contribution >= 0.6 is 0 Å². The van der Waals surface area contributed by atoms with Crippen LogP contribution in [0.15, 0.2) is 17.7 Å². The molecule has 1 aromatic carbocycles. The predicted molar refractivity (Wildman–Crippen MR) is 67.3 cm³/mol. The van der Waals surface area contributed by atoms with Crippen molar-refractivity contribution in [3.63, 3.8) is 0 Å². The molecule has 1 fully saturated rings. The molecule has 0 saturated heterocycles. The second kappa shape index (κ2) is 4.47.